The van der Waals surface area contributed by atoms with Crippen molar-refractivity contribution in [3.05, 3.63) is 33.3 Å². The molecule has 0 spiro atoms. The van der Waals surface area contributed by atoms with Crippen molar-refractivity contribution < 1.29 is 14.6 Å². The summed E-state index contributed by atoms with van der Waals surface area (Å²) in [7, 11) is 1.64. The van der Waals surface area contributed by atoms with Crippen LogP contribution < -0.4 is 0 Å². The maximum Gasteiger partial charge on any atom is 0.407 e. The highest BCUT2D eigenvalue weighted by Crippen LogP contribution is 2.33. The molecule has 0 bridgehead atoms. The Morgan fingerprint density at radius 2 is 2.15 bits per heavy atom. The number of hydrogen-bond donors (Lipinski definition) is 1. The Hall–Kier alpha value is -0.970. The molecule has 0 unspecified atom stereocenters. The maximum absolute atomic E-state index is 11.3. The number of carbonyl (C=O) groups is 1. The van der Waals surface area contributed by atoms with Gasteiger partial charge in [0.15, 0.2) is 0 Å². The molecule has 0 atom stereocenters. The van der Waals surface area contributed by atoms with E-state index in [1.165, 1.54) is 4.90 Å². The van der Waals surface area contributed by atoms with Crippen molar-refractivity contribution in [1.29, 1.82) is 0 Å². The highest BCUT2D eigenvalue weighted by atomic mass is 35.5. The highest BCUT2D eigenvalue weighted by Gasteiger charge is 2.33. The van der Waals surface area contributed by atoms with Gasteiger partial charge in [-0.2, -0.15) is 0 Å². The summed E-state index contributed by atoms with van der Waals surface area (Å²) in [6, 6.07) is 3.82. The Balaban J connectivity index is 2.20. The molecule has 0 aromatic heterocycles. The van der Waals surface area contributed by atoms with E-state index in [9.17, 15) is 9.90 Å². The largest absolute Gasteiger partial charge is 0.465 e. The van der Waals surface area contributed by atoms with Gasteiger partial charge in [0.1, 0.15) is 0 Å². The van der Waals surface area contributed by atoms with Crippen LogP contribution in [0.3, 0.4) is 0 Å². The normalized spacial score (nSPS) is 14.3. The first kappa shape index (κ1) is 15.4. The number of halogens is 2. The summed E-state index contributed by atoms with van der Waals surface area (Å²) < 4.78 is 5.04. The number of amides is 1. The minimum atomic E-state index is -0.915. The fourth-order valence-electron chi connectivity index (χ4n) is 2.11. The fourth-order valence-corrected chi connectivity index (χ4v) is 2.54. The van der Waals surface area contributed by atoms with E-state index in [2.05, 4.69) is 0 Å². The van der Waals surface area contributed by atoms with Crippen molar-refractivity contribution in [2.75, 3.05) is 13.7 Å². The van der Waals surface area contributed by atoms with Crippen LogP contribution in [0.4, 0.5) is 4.79 Å². The maximum atomic E-state index is 11.3. The van der Waals surface area contributed by atoms with Crippen LogP contribution in [0.25, 0.3) is 0 Å². The summed E-state index contributed by atoms with van der Waals surface area (Å²) in [5.41, 5.74) is 1.75. The zero-order valence-electron chi connectivity index (χ0n) is 11.2. The molecule has 1 aliphatic rings. The molecule has 1 fully saturated rings. The van der Waals surface area contributed by atoms with Gasteiger partial charge in [0.05, 0.1) is 23.2 Å². The third-order valence-electron chi connectivity index (χ3n) is 3.33. The summed E-state index contributed by atoms with van der Waals surface area (Å²) in [5, 5.41) is 10.1. The molecular formula is C14H17Cl2NO3. The van der Waals surface area contributed by atoms with Gasteiger partial charge in [0.2, 0.25) is 0 Å². The predicted molar refractivity (Wildman–Crippen MR) is 78.6 cm³/mol. The number of hydrogen-bond acceptors (Lipinski definition) is 2. The van der Waals surface area contributed by atoms with E-state index in [-0.39, 0.29) is 12.6 Å². The quantitative estimate of drug-likeness (QED) is 0.867. The smallest absolute Gasteiger partial charge is 0.407 e. The second-order valence-corrected chi connectivity index (χ2v) is 5.72. The summed E-state index contributed by atoms with van der Waals surface area (Å²) in [5.74, 6) is 0. The molecule has 0 radical (unpaired) electrons. The third-order valence-corrected chi connectivity index (χ3v) is 4.17. The van der Waals surface area contributed by atoms with Crippen LogP contribution in [0.5, 0.6) is 0 Å². The predicted octanol–water partition coefficient (Wildman–Crippen LogP) is 3.82. The molecule has 1 aromatic rings. The number of methoxy groups -OCH3 is 1. The Morgan fingerprint density at radius 1 is 1.45 bits per heavy atom. The molecule has 1 saturated carbocycles. The second kappa shape index (κ2) is 6.66. The average molecular weight is 318 g/mol. The van der Waals surface area contributed by atoms with Gasteiger partial charge < -0.3 is 14.7 Å². The van der Waals surface area contributed by atoms with E-state index in [4.69, 9.17) is 27.9 Å². The summed E-state index contributed by atoms with van der Waals surface area (Å²) >= 11 is 12.3. The molecular weight excluding hydrogens is 301 g/mol. The minimum Gasteiger partial charge on any atom is -0.465 e. The lowest BCUT2D eigenvalue weighted by atomic mass is 10.1. The van der Waals surface area contributed by atoms with Crippen LogP contribution in [0.2, 0.25) is 10.0 Å². The first-order valence-corrected chi connectivity index (χ1v) is 7.23. The molecule has 0 aliphatic heterocycles. The standard InChI is InChI=1S/C14H17Cl2NO3/c1-20-5-4-9-6-10(13(16)12(15)7-9)8-17(14(18)19)11-2-3-11/h6-7,11H,2-5,8H2,1H3,(H,18,19). The lowest BCUT2D eigenvalue weighted by Crippen LogP contribution is -2.31. The Kier molecular flexibility index (Phi) is 5.13. The first-order valence-electron chi connectivity index (χ1n) is 6.48. The van der Waals surface area contributed by atoms with Crippen LogP contribution in [0.15, 0.2) is 12.1 Å². The van der Waals surface area contributed by atoms with Crippen molar-refractivity contribution >= 4 is 29.3 Å². The van der Waals surface area contributed by atoms with Crippen LogP contribution in [-0.2, 0) is 17.7 Å². The fraction of sp³-hybridized carbons (Fsp3) is 0.500. The number of carboxylic acid groups (broad SMARTS) is 1. The summed E-state index contributed by atoms with van der Waals surface area (Å²) in [6.45, 7) is 0.863. The van der Waals surface area contributed by atoms with Gasteiger partial charge >= 0.3 is 6.09 Å². The van der Waals surface area contributed by atoms with Crippen molar-refractivity contribution in [1.82, 2.24) is 4.90 Å². The topological polar surface area (TPSA) is 49.8 Å². The first-order chi connectivity index (χ1) is 9.52. The Bertz CT molecular complexity index is 503. The molecule has 0 saturated heterocycles. The number of rotatable bonds is 6. The van der Waals surface area contributed by atoms with Crippen LogP contribution in [-0.4, -0.2) is 35.9 Å². The molecule has 20 heavy (non-hydrogen) atoms. The van der Waals surface area contributed by atoms with Crippen molar-refractivity contribution in [2.45, 2.75) is 31.8 Å². The SMILES string of the molecule is COCCc1cc(Cl)c(Cl)c(CN(C(=O)O)C2CC2)c1. The van der Waals surface area contributed by atoms with Crippen molar-refractivity contribution in [2.24, 2.45) is 0 Å². The zero-order chi connectivity index (χ0) is 14.7. The number of ether oxygens (including phenoxy) is 1. The highest BCUT2D eigenvalue weighted by molar-refractivity contribution is 6.42. The van der Waals surface area contributed by atoms with Crippen LogP contribution >= 0.6 is 23.2 Å². The van der Waals surface area contributed by atoms with E-state index < -0.39 is 6.09 Å². The lowest BCUT2D eigenvalue weighted by molar-refractivity contribution is 0.139. The van der Waals surface area contributed by atoms with Crippen LogP contribution in [0, 0.1) is 0 Å². The van der Waals surface area contributed by atoms with Gasteiger partial charge in [0.25, 0.3) is 0 Å². The minimum absolute atomic E-state index is 0.116. The van der Waals surface area contributed by atoms with Gasteiger partial charge in [-0.3, -0.25) is 0 Å². The van der Waals surface area contributed by atoms with Gasteiger partial charge in [-0.25, -0.2) is 4.79 Å². The molecule has 1 N–H and O–H groups in total. The number of nitrogens with zero attached hydrogens (tertiary/aromatic N) is 1. The van der Waals surface area contributed by atoms with Crippen molar-refractivity contribution in [3.8, 4) is 0 Å². The lowest BCUT2D eigenvalue weighted by Gasteiger charge is -2.20. The molecule has 2 rings (SSSR count). The van der Waals surface area contributed by atoms with E-state index in [1.54, 1.807) is 13.2 Å². The number of benzene rings is 1. The van der Waals surface area contributed by atoms with E-state index >= 15 is 0 Å². The third kappa shape index (κ3) is 3.78. The summed E-state index contributed by atoms with van der Waals surface area (Å²) in [6.07, 6.45) is 1.64. The second-order valence-electron chi connectivity index (χ2n) is 4.94. The molecule has 1 aromatic carbocycles. The summed E-state index contributed by atoms with van der Waals surface area (Å²) in [4.78, 5) is 12.7. The zero-order valence-corrected chi connectivity index (χ0v) is 12.7. The Labute approximate surface area is 128 Å². The molecule has 110 valence electrons. The molecule has 0 heterocycles. The van der Waals surface area contributed by atoms with Crippen LogP contribution in [0.1, 0.15) is 24.0 Å². The van der Waals surface area contributed by atoms with Gasteiger partial charge in [0, 0.05) is 13.2 Å². The Morgan fingerprint density at radius 3 is 2.70 bits per heavy atom. The molecule has 1 aliphatic carbocycles. The average Bonchev–Trinajstić information content (AvgIpc) is 3.22. The van der Waals surface area contributed by atoms with E-state index in [0.29, 0.717) is 16.7 Å². The van der Waals surface area contributed by atoms with Gasteiger partial charge in [-0.15, -0.1) is 0 Å². The van der Waals surface area contributed by atoms with Gasteiger partial charge in [-0.05, 0) is 36.5 Å². The van der Waals surface area contributed by atoms with E-state index in [1.807, 2.05) is 6.07 Å². The van der Waals surface area contributed by atoms with Crippen molar-refractivity contribution in [3.63, 3.8) is 0 Å². The molecule has 1 amide bonds. The van der Waals surface area contributed by atoms with E-state index in [0.717, 1.165) is 30.4 Å². The monoisotopic (exact) mass is 317 g/mol. The van der Waals surface area contributed by atoms with Gasteiger partial charge in [-0.1, -0.05) is 29.3 Å². The molecule has 4 nitrogen and oxygen atoms in total. The molecule has 6 heteroatoms.